The second-order valence-corrected chi connectivity index (χ2v) is 9.06. The molecule has 7 nitrogen and oxygen atoms in total. The van der Waals surface area contributed by atoms with E-state index in [0.29, 0.717) is 29.2 Å². The highest BCUT2D eigenvalue weighted by Gasteiger charge is 2.47. The standard InChI is InChI=1S/C30H29NO6/c1-5-12-36-24-10-7-9-22(17-24)28(33)26-27(21-8-6-11-25(16-21)37-20(4)32)31(30(35)29(26)34)23-14-18(2)13-19(3)15-23/h6-11,13-17,27,33H,5,12H2,1-4H3/b28-26+. The Morgan fingerprint density at radius 2 is 1.62 bits per heavy atom. The number of esters is 1. The Kier molecular flexibility index (Phi) is 7.43. The van der Waals surface area contributed by atoms with E-state index >= 15 is 0 Å². The number of hydrogen-bond donors (Lipinski definition) is 1. The summed E-state index contributed by atoms with van der Waals surface area (Å²) in [6.07, 6.45) is 0.815. The molecule has 0 saturated carbocycles. The third kappa shape index (κ3) is 5.40. The molecule has 1 saturated heterocycles. The van der Waals surface area contributed by atoms with Gasteiger partial charge in [-0.25, -0.2) is 0 Å². The van der Waals surface area contributed by atoms with Gasteiger partial charge in [-0.05, 0) is 73.4 Å². The highest BCUT2D eigenvalue weighted by molar-refractivity contribution is 6.51. The minimum Gasteiger partial charge on any atom is -0.507 e. The van der Waals surface area contributed by atoms with Crippen LogP contribution in [0.2, 0.25) is 0 Å². The molecule has 1 N–H and O–H groups in total. The van der Waals surface area contributed by atoms with Crippen LogP contribution >= 0.6 is 0 Å². The first kappa shape index (κ1) is 25.7. The van der Waals surface area contributed by atoms with Crippen molar-refractivity contribution < 1.29 is 29.0 Å². The fourth-order valence-electron chi connectivity index (χ4n) is 4.53. The van der Waals surface area contributed by atoms with Gasteiger partial charge >= 0.3 is 5.97 Å². The molecule has 1 aliphatic heterocycles. The lowest BCUT2D eigenvalue weighted by molar-refractivity contribution is -0.132. The summed E-state index contributed by atoms with van der Waals surface area (Å²) in [6.45, 7) is 7.60. The van der Waals surface area contributed by atoms with E-state index in [1.165, 1.54) is 11.8 Å². The van der Waals surface area contributed by atoms with Gasteiger partial charge in [0.25, 0.3) is 11.7 Å². The number of nitrogens with zero attached hydrogens (tertiary/aromatic N) is 1. The maximum absolute atomic E-state index is 13.5. The number of rotatable bonds is 7. The van der Waals surface area contributed by atoms with Gasteiger partial charge in [-0.1, -0.05) is 37.3 Å². The summed E-state index contributed by atoms with van der Waals surface area (Å²) in [5.74, 6) is -1.56. The Balaban J connectivity index is 1.92. The van der Waals surface area contributed by atoms with Crippen molar-refractivity contribution in [1.82, 2.24) is 0 Å². The van der Waals surface area contributed by atoms with Gasteiger partial charge in [-0.2, -0.15) is 0 Å². The maximum Gasteiger partial charge on any atom is 0.308 e. The number of benzene rings is 3. The second-order valence-electron chi connectivity index (χ2n) is 9.06. The molecule has 3 aromatic carbocycles. The largest absolute Gasteiger partial charge is 0.507 e. The van der Waals surface area contributed by atoms with Crippen molar-refractivity contribution in [2.45, 2.75) is 40.2 Å². The topological polar surface area (TPSA) is 93.1 Å². The zero-order valence-corrected chi connectivity index (χ0v) is 21.3. The average molecular weight is 500 g/mol. The monoisotopic (exact) mass is 499 g/mol. The second kappa shape index (κ2) is 10.7. The Morgan fingerprint density at radius 3 is 2.30 bits per heavy atom. The molecule has 3 aromatic rings. The number of anilines is 1. The van der Waals surface area contributed by atoms with Gasteiger partial charge in [0, 0.05) is 18.2 Å². The molecule has 0 aromatic heterocycles. The zero-order valence-electron chi connectivity index (χ0n) is 21.3. The Bertz CT molecular complexity index is 1390. The van der Waals surface area contributed by atoms with Crippen molar-refractivity contribution in [3.8, 4) is 11.5 Å². The van der Waals surface area contributed by atoms with Crippen LogP contribution in [0.1, 0.15) is 48.6 Å². The van der Waals surface area contributed by atoms with Gasteiger partial charge in [0.2, 0.25) is 0 Å². The van der Waals surface area contributed by atoms with Crippen molar-refractivity contribution in [1.29, 1.82) is 0 Å². The summed E-state index contributed by atoms with van der Waals surface area (Å²) in [5.41, 5.74) is 3.18. The minimum atomic E-state index is -0.947. The SMILES string of the molecule is CCCOc1cccc(/C(O)=C2\C(=O)C(=O)N(c3cc(C)cc(C)c3)C2c2cccc(OC(C)=O)c2)c1. The molecule has 0 spiro atoms. The van der Waals surface area contributed by atoms with Crippen molar-refractivity contribution >= 4 is 29.1 Å². The molecule has 1 amide bonds. The number of ether oxygens (including phenoxy) is 2. The number of aliphatic hydroxyl groups is 1. The third-order valence-electron chi connectivity index (χ3n) is 5.94. The van der Waals surface area contributed by atoms with E-state index in [2.05, 4.69) is 0 Å². The van der Waals surface area contributed by atoms with Crippen LogP contribution in [-0.4, -0.2) is 29.4 Å². The molecule has 190 valence electrons. The summed E-state index contributed by atoms with van der Waals surface area (Å²) in [7, 11) is 0. The molecule has 0 bridgehead atoms. The van der Waals surface area contributed by atoms with Crippen LogP contribution in [-0.2, 0) is 14.4 Å². The molecule has 1 heterocycles. The van der Waals surface area contributed by atoms with Gasteiger partial charge in [-0.3, -0.25) is 19.3 Å². The summed E-state index contributed by atoms with van der Waals surface area (Å²) in [5, 5.41) is 11.4. The Hall–Kier alpha value is -4.39. The van der Waals surface area contributed by atoms with E-state index in [0.717, 1.165) is 17.5 Å². The molecule has 1 atom stereocenters. The van der Waals surface area contributed by atoms with Crippen LogP contribution < -0.4 is 14.4 Å². The number of carbonyl (C=O) groups excluding carboxylic acids is 3. The van der Waals surface area contributed by atoms with Gasteiger partial charge in [0.15, 0.2) is 0 Å². The van der Waals surface area contributed by atoms with E-state index in [-0.39, 0.29) is 17.1 Å². The molecule has 1 unspecified atom stereocenters. The lowest BCUT2D eigenvalue weighted by atomic mass is 9.94. The summed E-state index contributed by atoms with van der Waals surface area (Å²) in [6, 6.07) is 18.1. The smallest absolute Gasteiger partial charge is 0.308 e. The normalized spacial score (nSPS) is 16.6. The summed E-state index contributed by atoms with van der Waals surface area (Å²) < 4.78 is 11.0. The molecule has 0 aliphatic carbocycles. The van der Waals surface area contributed by atoms with Crippen LogP contribution in [0, 0.1) is 13.8 Å². The molecule has 0 radical (unpaired) electrons. The minimum absolute atomic E-state index is 0.0585. The van der Waals surface area contributed by atoms with Crippen molar-refractivity contribution in [2.75, 3.05) is 11.5 Å². The number of Topliss-reactive ketones (excluding diaryl/α,β-unsaturated/α-hetero) is 1. The highest BCUT2D eigenvalue weighted by Crippen LogP contribution is 2.43. The first-order chi connectivity index (χ1) is 17.7. The lowest BCUT2D eigenvalue weighted by Crippen LogP contribution is -2.29. The van der Waals surface area contributed by atoms with Crippen LogP contribution in [0.4, 0.5) is 5.69 Å². The van der Waals surface area contributed by atoms with Gasteiger partial charge < -0.3 is 14.6 Å². The molecule has 1 fully saturated rings. The summed E-state index contributed by atoms with van der Waals surface area (Å²) >= 11 is 0. The van der Waals surface area contributed by atoms with Crippen LogP contribution in [0.5, 0.6) is 11.5 Å². The van der Waals surface area contributed by atoms with Crippen LogP contribution in [0.15, 0.2) is 72.3 Å². The lowest BCUT2D eigenvalue weighted by Gasteiger charge is -2.26. The van der Waals surface area contributed by atoms with E-state index in [4.69, 9.17) is 9.47 Å². The first-order valence-corrected chi connectivity index (χ1v) is 12.1. The molecule has 7 heteroatoms. The van der Waals surface area contributed by atoms with Crippen molar-refractivity contribution in [2.24, 2.45) is 0 Å². The van der Waals surface area contributed by atoms with E-state index in [1.54, 1.807) is 48.5 Å². The third-order valence-corrected chi connectivity index (χ3v) is 5.94. The zero-order chi connectivity index (χ0) is 26.7. The van der Waals surface area contributed by atoms with E-state index < -0.39 is 23.7 Å². The number of amides is 1. The van der Waals surface area contributed by atoms with Crippen molar-refractivity contribution in [3.63, 3.8) is 0 Å². The molecular weight excluding hydrogens is 470 g/mol. The number of aliphatic hydroxyl groups excluding tert-OH is 1. The van der Waals surface area contributed by atoms with Gasteiger partial charge in [0.05, 0.1) is 18.2 Å². The average Bonchev–Trinajstić information content (AvgIpc) is 3.12. The van der Waals surface area contributed by atoms with Crippen LogP contribution in [0.3, 0.4) is 0 Å². The fraction of sp³-hybridized carbons (Fsp3) is 0.233. The number of hydrogen-bond acceptors (Lipinski definition) is 6. The Labute approximate surface area is 215 Å². The molecule has 4 rings (SSSR count). The molecule has 1 aliphatic rings. The quantitative estimate of drug-likeness (QED) is 0.149. The fourth-order valence-corrected chi connectivity index (χ4v) is 4.53. The first-order valence-electron chi connectivity index (χ1n) is 12.1. The van der Waals surface area contributed by atoms with Crippen LogP contribution in [0.25, 0.3) is 5.76 Å². The Morgan fingerprint density at radius 1 is 0.946 bits per heavy atom. The maximum atomic E-state index is 13.5. The van der Waals surface area contributed by atoms with Gasteiger partial charge in [-0.15, -0.1) is 0 Å². The van der Waals surface area contributed by atoms with Crippen molar-refractivity contribution in [3.05, 3.63) is 94.6 Å². The number of ketones is 1. The van der Waals surface area contributed by atoms with E-state index in [9.17, 15) is 19.5 Å². The molecular formula is C30H29NO6. The predicted octanol–water partition coefficient (Wildman–Crippen LogP) is 5.64. The van der Waals surface area contributed by atoms with E-state index in [1.807, 2.05) is 39.0 Å². The van der Waals surface area contributed by atoms with Gasteiger partial charge in [0.1, 0.15) is 17.3 Å². The summed E-state index contributed by atoms with van der Waals surface area (Å²) in [4.78, 5) is 39.9. The predicted molar refractivity (Wildman–Crippen MR) is 141 cm³/mol. The number of carbonyl (C=O) groups is 3. The molecule has 37 heavy (non-hydrogen) atoms. The highest BCUT2D eigenvalue weighted by atomic mass is 16.5. The number of aryl methyl sites for hydroxylation is 2.